The van der Waals surface area contributed by atoms with Gasteiger partial charge in [-0.1, -0.05) is 41.9 Å². The van der Waals surface area contributed by atoms with Crippen LogP contribution in [0.4, 0.5) is 5.69 Å². The summed E-state index contributed by atoms with van der Waals surface area (Å²) in [6.45, 7) is 0.0933. The summed E-state index contributed by atoms with van der Waals surface area (Å²) >= 11 is 6.03. The van der Waals surface area contributed by atoms with E-state index >= 15 is 0 Å². The summed E-state index contributed by atoms with van der Waals surface area (Å²) < 4.78 is 1.24. The van der Waals surface area contributed by atoms with Gasteiger partial charge in [0.05, 0.1) is 12.2 Å². The van der Waals surface area contributed by atoms with Gasteiger partial charge in [0.25, 0.3) is 0 Å². The number of carboxylic acids is 1. The second kappa shape index (κ2) is 8.49. The Bertz CT molecular complexity index is 1030. The highest BCUT2D eigenvalue weighted by Crippen LogP contribution is 2.24. The van der Waals surface area contributed by atoms with Crippen LogP contribution in [0.25, 0.3) is 0 Å². The second-order valence-electron chi connectivity index (χ2n) is 5.93. The lowest BCUT2D eigenvalue weighted by molar-refractivity contribution is -0.116. The Kier molecular flexibility index (Phi) is 5.86. The normalized spacial score (nSPS) is 10.5. The number of amides is 1. The summed E-state index contributed by atoms with van der Waals surface area (Å²) in [7, 11) is 0. The number of hydrogen-bond donors (Lipinski definition) is 2. The van der Waals surface area contributed by atoms with Crippen molar-refractivity contribution in [3.63, 3.8) is 0 Å². The molecule has 8 heteroatoms. The molecule has 0 atom stereocenters. The number of nitrogens with one attached hydrogen (secondary N) is 1. The number of benzene rings is 2. The van der Waals surface area contributed by atoms with E-state index in [4.69, 9.17) is 16.7 Å². The van der Waals surface area contributed by atoms with Crippen LogP contribution in [-0.4, -0.2) is 32.5 Å². The Morgan fingerprint density at radius 2 is 1.82 bits per heavy atom. The number of aromatic carboxylic acids is 1. The number of nitrogens with zero attached hydrogens (tertiary/aromatic N) is 2. The van der Waals surface area contributed by atoms with Crippen molar-refractivity contribution >= 4 is 34.9 Å². The molecule has 3 aromatic rings. The number of halogens is 1. The highest BCUT2D eigenvalue weighted by atomic mass is 35.5. The first-order valence-electron chi connectivity index (χ1n) is 8.40. The molecule has 0 saturated heterocycles. The quantitative estimate of drug-likeness (QED) is 0.594. The molecule has 0 radical (unpaired) electrons. The Morgan fingerprint density at radius 1 is 1.07 bits per heavy atom. The molecule has 142 valence electrons. The number of carboxylic acid groups (broad SMARTS) is 1. The van der Waals surface area contributed by atoms with E-state index in [1.165, 1.54) is 23.0 Å². The average Bonchev–Trinajstić information content (AvgIpc) is 3.17. The zero-order chi connectivity index (χ0) is 20.1. The van der Waals surface area contributed by atoms with Gasteiger partial charge in [-0.3, -0.25) is 14.3 Å². The number of aromatic nitrogens is 2. The topological polar surface area (TPSA) is 101 Å². The lowest BCUT2D eigenvalue weighted by Gasteiger charge is -2.12. The maximum atomic E-state index is 12.8. The molecule has 0 unspecified atom stereocenters. The molecular formula is C20H16ClN3O4. The molecule has 2 N–H and O–H groups in total. The molecule has 3 rings (SSSR count). The average molecular weight is 398 g/mol. The highest BCUT2D eigenvalue weighted by molar-refractivity contribution is 6.31. The number of anilines is 1. The molecule has 0 fully saturated rings. The minimum absolute atomic E-state index is 0.000706. The molecule has 1 aromatic heterocycles. The van der Waals surface area contributed by atoms with Crippen molar-refractivity contribution in [3.05, 3.63) is 82.6 Å². The van der Waals surface area contributed by atoms with Crippen LogP contribution in [0.15, 0.2) is 60.8 Å². The third-order valence-corrected chi connectivity index (χ3v) is 4.26. The minimum Gasteiger partial charge on any atom is -0.477 e. The van der Waals surface area contributed by atoms with E-state index in [0.717, 1.165) is 0 Å². The Balaban J connectivity index is 1.75. The summed E-state index contributed by atoms with van der Waals surface area (Å²) in [6, 6.07) is 14.7. The van der Waals surface area contributed by atoms with Crippen molar-refractivity contribution in [1.29, 1.82) is 0 Å². The van der Waals surface area contributed by atoms with Gasteiger partial charge in [-0.15, -0.1) is 0 Å². The Hall–Kier alpha value is -3.45. The van der Waals surface area contributed by atoms with Gasteiger partial charge in [-0.05, 0) is 24.3 Å². The molecule has 7 nitrogen and oxygen atoms in total. The number of aryl methyl sites for hydroxylation is 1. The maximum Gasteiger partial charge on any atom is 0.354 e. The summed E-state index contributed by atoms with van der Waals surface area (Å²) in [5.74, 6) is -1.76. The molecule has 0 aliphatic carbocycles. The van der Waals surface area contributed by atoms with Crippen LogP contribution in [0.2, 0.25) is 5.02 Å². The van der Waals surface area contributed by atoms with Crippen molar-refractivity contribution in [3.8, 4) is 0 Å². The zero-order valence-corrected chi connectivity index (χ0v) is 15.4. The van der Waals surface area contributed by atoms with Crippen LogP contribution < -0.4 is 5.32 Å². The van der Waals surface area contributed by atoms with E-state index in [0.29, 0.717) is 16.3 Å². The SMILES string of the molecule is O=C(CCn1nccc1C(=O)O)Nc1ccc(Cl)cc1C(=O)c1ccccc1. The zero-order valence-electron chi connectivity index (χ0n) is 14.6. The van der Waals surface area contributed by atoms with Gasteiger partial charge in [-0.2, -0.15) is 5.10 Å². The second-order valence-corrected chi connectivity index (χ2v) is 6.36. The predicted molar refractivity (Wildman–Crippen MR) is 104 cm³/mol. The van der Waals surface area contributed by atoms with E-state index in [1.54, 1.807) is 42.5 Å². The fraction of sp³-hybridized carbons (Fsp3) is 0.100. The van der Waals surface area contributed by atoms with Gasteiger partial charge in [0.2, 0.25) is 5.91 Å². The third kappa shape index (κ3) is 4.44. The first-order valence-corrected chi connectivity index (χ1v) is 8.78. The van der Waals surface area contributed by atoms with Gasteiger partial charge in [0.15, 0.2) is 5.78 Å². The van der Waals surface area contributed by atoms with Gasteiger partial charge >= 0.3 is 5.97 Å². The summed E-state index contributed by atoms with van der Waals surface area (Å²) in [6.07, 6.45) is 1.35. The van der Waals surface area contributed by atoms with Crippen LogP contribution in [0.5, 0.6) is 0 Å². The van der Waals surface area contributed by atoms with Crippen LogP contribution in [0.1, 0.15) is 32.8 Å². The highest BCUT2D eigenvalue weighted by Gasteiger charge is 2.17. The number of ketones is 1. The van der Waals surface area contributed by atoms with E-state index in [-0.39, 0.29) is 35.9 Å². The van der Waals surface area contributed by atoms with Crippen molar-refractivity contribution in [2.24, 2.45) is 0 Å². The van der Waals surface area contributed by atoms with E-state index in [1.807, 2.05) is 0 Å². The predicted octanol–water partition coefficient (Wildman–Crippen LogP) is 3.49. The Labute approximate surface area is 165 Å². The Morgan fingerprint density at radius 3 is 2.54 bits per heavy atom. The summed E-state index contributed by atoms with van der Waals surface area (Å²) in [5, 5.41) is 16.0. The molecule has 2 aromatic carbocycles. The third-order valence-electron chi connectivity index (χ3n) is 4.02. The number of carbonyl (C=O) groups excluding carboxylic acids is 2. The number of rotatable bonds is 7. The van der Waals surface area contributed by atoms with Crippen LogP contribution >= 0.6 is 11.6 Å². The number of hydrogen-bond acceptors (Lipinski definition) is 4. The minimum atomic E-state index is -1.12. The van der Waals surface area contributed by atoms with Crippen LogP contribution in [0, 0.1) is 0 Å². The van der Waals surface area contributed by atoms with E-state index in [9.17, 15) is 14.4 Å². The lowest BCUT2D eigenvalue weighted by Crippen LogP contribution is -2.19. The first kappa shape index (κ1) is 19.3. The van der Waals surface area contributed by atoms with Gasteiger partial charge in [0.1, 0.15) is 5.69 Å². The molecule has 0 saturated carbocycles. The van der Waals surface area contributed by atoms with Crippen LogP contribution in [0.3, 0.4) is 0 Å². The van der Waals surface area contributed by atoms with Gasteiger partial charge in [0, 0.05) is 28.8 Å². The molecule has 0 aliphatic heterocycles. The molecule has 0 bridgehead atoms. The van der Waals surface area contributed by atoms with Crippen LogP contribution in [-0.2, 0) is 11.3 Å². The monoisotopic (exact) mass is 397 g/mol. The first-order chi connectivity index (χ1) is 13.5. The van der Waals surface area contributed by atoms with Crippen molar-refractivity contribution < 1.29 is 19.5 Å². The standard InChI is InChI=1S/C20H16ClN3O4/c21-14-6-7-16(15(12-14)19(26)13-4-2-1-3-5-13)23-18(25)9-11-24-17(20(27)28)8-10-22-24/h1-8,10,12H,9,11H2,(H,23,25)(H,27,28). The molecule has 1 amide bonds. The van der Waals surface area contributed by atoms with Crippen molar-refractivity contribution in [1.82, 2.24) is 9.78 Å². The molecule has 0 spiro atoms. The molecule has 28 heavy (non-hydrogen) atoms. The number of carbonyl (C=O) groups is 3. The molecule has 0 aliphatic rings. The van der Waals surface area contributed by atoms with Gasteiger partial charge < -0.3 is 10.4 Å². The molecule has 1 heterocycles. The fourth-order valence-electron chi connectivity index (χ4n) is 2.67. The van der Waals surface area contributed by atoms with E-state index < -0.39 is 5.97 Å². The van der Waals surface area contributed by atoms with Gasteiger partial charge in [-0.25, -0.2) is 4.79 Å². The lowest BCUT2D eigenvalue weighted by atomic mass is 10.0. The smallest absolute Gasteiger partial charge is 0.354 e. The largest absolute Gasteiger partial charge is 0.477 e. The van der Waals surface area contributed by atoms with E-state index in [2.05, 4.69) is 10.4 Å². The molecular weight excluding hydrogens is 382 g/mol. The summed E-state index contributed by atoms with van der Waals surface area (Å²) in [4.78, 5) is 36.2. The fourth-order valence-corrected chi connectivity index (χ4v) is 2.84. The van der Waals surface area contributed by atoms with Crippen molar-refractivity contribution in [2.45, 2.75) is 13.0 Å². The summed E-state index contributed by atoms with van der Waals surface area (Å²) in [5.41, 5.74) is 1.08. The maximum absolute atomic E-state index is 12.8. The van der Waals surface area contributed by atoms with Crippen molar-refractivity contribution in [2.75, 3.05) is 5.32 Å².